The molecule has 0 amide bonds. The van der Waals surface area contributed by atoms with Gasteiger partial charge < -0.3 is 5.32 Å². The first kappa shape index (κ1) is 13.2. The van der Waals surface area contributed by atoms with E-state index in [9.17, 15) is 0 Å². The topological polar surface area (TPSA) is 29.9 Å². The molecule has 0 saturated heterocycles. The Hall–Kier alpha value is -0.830. The lowest BCUT2D eigenvalue weighted by atomic mass is 9.70. The van der Waals surface area contributed by atoms with Crippen molar-refractivity contribution in [2.75, 3.05) is 13.1 Å². The van der Waals surface area contributed by atoms with Crippen LogP contribution in [-0.4, -0.2) is 22.9 Å². The first-order chi connectivity index (χ1) is 9.13. The second-order valence-corrected chi connectivity index (χ2v) is 6.80. The molecule has 1 aromatic heterocycles. The summed E-state index contributed by atoms with van der Waals surface area (Å²) in [6, 6.07) is 2.28. The Morgan fingerprint density at radius 1 is 1.47 bits per heavy atom. The van der Waals surface area contributed by atoms with Crippen LogP contribution in [0.5, 0.6) is 0 Å². The molecule has 2 aliphatic carbocycles. The molecule has 2 bridgehead atoms. The Bertz CT molecular complexity index is 451. The predicted octanol–water partition coefficient (Wildman–Crippen LogP) is 2.69. The molecule has 2 saturated carbocycles. The zero-order valence-electron chi connectivity index (χ0n) is 12.6. The highest BCUT2D eigenvalue weighted by Gasteiger charge is 2.50. The molecule has 19 heavy (non-hydrogen) atoms. The minimum absolute atomic E-state index is 0.499. The summed E-state index contributed by atoms with van der Waals surface area (Å²) in [6.45, 7) is 6.59. The second kappa shape index (κ2) is 4.93. The first-order valence-corrected chi connectivity index (χ1v) is 7.83. The van der Waals surface area contributed by atoms with Crippen molar-refractivity contribution in [1.82, 2.24) is 15.1 Å². The Balaban J connectivity index is 1.82. The van der Waals surface area contributed by atoms with Crippen LogP contribution in [0.3, 0.4) is 0 Å². The van der Waals surface area contributed by atoms with Gasteiger partial charge in [0.1, 0.15) is 0 Å². The minimum Gasteiger partial charge on any atom is -0.316 e. The molecule has 0 aromatic carbocycles. The van der Waals surface area contributed by atoms with E-state index in [4.69, 9.17) is 0 Å². The van der Waals surface area contributed by atoms with Gasteiger partial charge in [-0.15, -0.1) is 0 Å². The third-order valence-electron chi connectivity index (χ3n) is 5.46. The van der Waals surface area contributed by atoms with Crippen molar-refractivity contribution in [1.29, 1.82) is 0 Å². The van der Waals surface area contributed by atoms with E-state index in [0.29, 0.717) is 5.41 Å². The van der Waals surface area contributed by atoms with Gasteiger partial charge in [-0.05, 0) is 62.5 Å². The monoisotopic (exact) mass is 261 g/mol. The molecular weight excluding hydrogens is 234 g/mol. The number of hydrogen-bond donors (Lipinski definition) is 1. The second-order valence-electron chi connectivity index (χ2n) is 6.80. The Morgan fingerprint density at radius 3 is 2.84 bits per heavy atom. The summed E-state index contributed by atoms with van der Waals surface area (Å²) in [7, 11) is 2.09. The third-order valence-corrected chi connectivity index (χ3v) is 5.46. The van der Waals surface area contributed by atoms with E-state index >= 15 is 0 Å². The van der Waals surface area contributed by atoms with Crippen LogP contribution in [0, 0.1) is 24.2 Å². The predicted molar refractivity (Wildman–Crippen MR) is 78.1 cm³/mol. The minimum atomic E-state index is 0.499. The largest absolute Gasteiger partial charge is 0.316 e. The highest BCUT2D eigenvalue weighted by Crippen LogP contribution is 2.57. The summed E-state index contributed by atoms with van der Waals surface area (Å²) in [6.07, 6.45) is 7.03. The van der Waals surface area contributed by atoms with Gasteiger partial charge in [0.2, 0.25) is 0 Å². The smallest absolute Gasteiger partial charge is 0.0596 e. The fourth-order valence-corrected chi connectivity index (χ4v) is 4.62. The van der Waals surface area contributed by atoms with Crippen molar-refractivity contribution in [2.24, 2.45) is 24.3 Å². The first-order valence-electron chi connectivity index (χ1n) is 7.83. The van der Waals surface area contributed by atoms with Crippen molar-refractivity contribution in [3.8, 4) is 0 Å². The van der Waals surface area contributed by atoms with Crippen molar-refractivity contribution < 1.29 is 0 Å². The number of rotatable bonds is 5. The number of fused-ring (bicyclic) bond motifs is 2. The Morgan fingerprint density at radius 2 is 2.32 bits per heavy atom. The van der Waals surface area contributed by atoms with Gasteiger partial charge in [0.25, 0.3) is 0 Å². The summed E-state index contributed by atoms with van der Waals surface area (Å²) in [5, 5.41) is 8.16. The lowest BCUT2D eigenvalue weighted by Gasteiger charge is -2.38. The van der Waals surface area contributed by atoms with E-state index in [-0.39, 0.29) is 0 Å². The SMILES string of the molecule is CCNCC1(Cc2cc(C)nn2C)CC2CCC1C2. The normalized spacial score (nSPS) is 33.2. The number of hydrogen-bond acceptors (Lipinski definition) is 2. The van der Waals surface area contributed by atoms with Crippen LogP contribution in [0.25, 0.3) is 0 Å². The fourth-order valence-electron chi connectivity index (χ4n) is 4.62. The van der Waals surface area contributed by atoms with E-state index in [0.717, 1.165) is 24.1 Å². The van der Waals surface area contributed by atoms with Crippen LogP contribution in [0.1, 0.15) is 44.0 Å². The quantitative estimate of drug-likeness (QED) is 0.883. The summed E-state index contributed by atoms with van der Waals surface area (Å²) in [5.74, 6) is 1.93. The number of nitrogens with zero attached hydrogens (tertiary/aromatic N) is 2. The molecule has 0 spiro atoms. The summed E-state index contributed by atoms with van der Waals surface area (Å²) >= 11 is 0. The van der Waals surface area contributed by atoms with E-state index in [2.05, 4.69) is 42.1 Å². The van der Waals surface area contributed by atoms with E-state index in [1.807, 2.05) is 0 Å². The number of aromatic nitrogens is 2. The van der Waals surface area contributed by atoms with Crippen molar-refractivity contribution >= 4 is 0 Å². The van der Waals surface area contributed by atoms with Gasteiger partial charge in [0, 0.05) is 19.3 Å². The molecule has 3 nitrogen and oxygen atoms in total. The Kier molecular flexibility index (Phi) is 3.42. The molecule has 3 heteroatoms. The van der Waals surface area contributed by atoms with E-state index in [1.165, 1.54) is 44.3 Å². The van der Waals surface area contributed by atoms with Crippen molar-refractivity contribution in [3.05, 3.63) is 17.5 Å². The molecule has 1 aromatic rings. The van der Waals surface area contributed by atoms with Gasteiger partial charge in [0.05, 0.1) is 5.69 Å². The molecule has 1 N–H and O–H groups in total. The lowest BCUT2D eigenvalue weighted by Crippen LogP contribution is -2.40. The molecule has 106 valence electrons. The zero-order chi connectivity index (χ0) is 13.5. The molecule has 1 heterocycles. The van der Waals surface area contributed by atoms with Crippen LogP contribution in [0.2, 0.25) is 0 Å². The van der Waals surface area contributed by atoms with Crippen molar-refractivity contribution in [2.45, 2.75) is 46.0 Å². The van der Waals surface area contributed by atoms with Crippen LogP contribution >= 0.6 is 0 Å². The third kappa shape index (κ3) is 2.33. The van der Waals surface area contributed by atoms with Crippen molar-refractivity contribution in [3.63, 3.8) is 0 Å². The average Bonchev–Trinajstić information content (AvgIpc) is 3.03. The van der Waals surface area contributed by atoms with E-state index in [1.54, 1.807) is 0 Å². The highest BCUT2D eigenvalue weighted by molar-refractivity contribution is 5.14. The van der Waals surface area contributed by atoms with Gasteiger partial charge in [-0.2, -0.15) is 5.10 Å². The summed E-state index contributed by atoms with van der Waals surface area (Å²) in [4.78, 5) is 0. The molecule has 3 atom stereocenters. The standard InChI is InChI=1S/C16H27N3/c1-4-17-11-16(9-13-5-6-14(16)8-13)10-15-7-12(2)18-19(15)3/h7,13-14,17H,4-6,8-11H2,1-3H3. The molecule has 3 unspecified atom stereocenters. The maximum atomic E-state index is 4.52. The van der Waals surface area contributed by atoms with Crippen LogP contribution in [0.15, 0.2) is 6.07 Å². The Labute approximate surface area is 116 Å². The molecule has 0 radical (unpaired) electrons. The van der Waals surface area contributed by atoms with Gasteiger partial charge in [-0.25, -0.2) is 0 Å². The lowest BCUT2D eigenvalue weighted by molar-refractivity contribution is 0.154. The zero-order valence-corrected chi connectivity index (χ0v) is 12.6. The van der Waals surface area contributed by atoms with Gasteiger partial charge in [0.15, 0.2) is 0 Å². The summed E-state index contributed by atoms with van der Waals surface area (Å²) < 4.78 is 2.09. The fraction of sp³-hybridized carbons (Fsp3) is 0.812. The highest BCUT2D eigenvalue weighted by atomic mass is 15.3. The van der Waals surface area contributed by atoms with Gasteiger partial charge >= 0.3 is 0 Å². The number of nitrogens with one attached hydrogen (secondary N) is 1. The molecule has 3 rings (SSSR count). The average molecular weight is 261 g/mol. The van der Waals surface area contributed by atoms with Gasteiger partial charge in [-0.1, -0.05) is 13.3 Å². The van der Waals surface area contributed by atoms with Gasteiger partial charge in [-0.3, -0.25) is 4.68 Å². The maximum absolute atomic E-state index is 4.52. The molecule has 0 aliphatic heterocycles. The number of aryl methyl sites for hydroxylation is 2. The molecule has 2 aliphatic rings. The van der Waals surface area contributed by atoms with E-state index < -0.39 is 0 Å². The molecular formula is C16H27N3. The van der Waals surface area contributed by atoms with Crippen LogP contribution < -0.4 is 5.32 Å². The van der Waals surface area contributed by atoms with Crippen LogP contribution in [-0.2, 0) is 13.5 Å². The summed E-state index contributed by atoms with van der Waals surface area (Å²) in [5.41, 5.74) is 3.07. The van der Waals surface area contributed by atoms with Crippen LogP contribution in [0.4, 0.5) is 0 Å². The maximum Gasteiger partial charge on any atom is 0.0596 e. The molecule has 2 fully saturated rings.